The second-order valence-corrected chi connectivity index (χ2v) is 8.25. The van der Waals surface area contributed by atoms with Crippen LogP contribution >= 0.6 is 11.8 Å². The van der Waals surface area contributed by atoms with E-state index < -0.39 is 0 Å². The summed E-state index contributed by atoms with van der Waals surface area (Å²) in [7, 11) is 0. The van der Waals surface area contributed by atoms with Gasteiger partial charge in [-0.05, 0) is 74.5 Å². The van der Waals surface area contributed by atoms with E-state index >= 15 is 0 Å². The van der Waals surface area contributed by atoms with Crippen molar-refractivity contribution in [2.45, 2.75) is 23.0 Å². The van der Waals surface area contributed by atoms with Crippen LogP contribution in [0.15, 0.2) is 59.8 Å². The predicted molar refractivity (Wildman–Crippen MR) is 121 cm³/mol. The van der Waals surface area contributed by atoms with Crippen molar-refractivity contribution in [3.05, 3.63) is 66.1 Å². The third-order valence-corrected chi connectivity index (χ3v) is 5.96. The Labute approximate surface area is 175 Å². The number of nitrogens with zero attached hydrogens (tertiary/aromatic N) is 3. The van der Waals surface area contributed by atoms with Gasteiger partial charge in [-0.25, -0.2) is 15.0 Å². The topological polar surface area (TPSA) is 88.8 Å². The highest BCUT2D eigenvalue weighted by atomic mass is 32.2. The SMILES string of the molecule is Nc1cccc(/C=C/c2cnc(Nc3ccc(SC4CCNCC4)cc3)nc2)n1. The normalized spacial score (nSPS) is 14.9. The predicted octanol–water partition coefficient (Wildman–Crippen LogP) is 4.21. The molecule has 7 heteroatoms. The number of hydrogen-bond acceptors (Lipinski definition) is 7. The maximum Gasteiger partial charge on any atom is 0.227 e. The number of hydrogen-bond donors (Lipinski definition) is 3. The largest absolute Gasteiger partial charge is 0.384 e. The average Bonchev–Trinajstić information content (AvgIpc) is 2.75. The molecule has 0 aliphatic carbocycles. The van der Waals surface area contributed by atoms with Crippen LogP contribution in [0.2, 0.25) is 0 Å². The molecule has 2 aromatic heterocycles. The number of rotatable bonds is 6. The fourth-order valence-electron chi connectivity index (χ4n) is 3.08. The molecular formula is C22H24N6S. The molecule has 4 N–H and O–H groups in total. The molecule has 6 nitrogen and oxygen atoms in total. The highest BCUT2D eigenvalue weighted by molar-refractivity contribution is 8.00. The molecule has 1 aliphatic rings. The van der Waals surface area contributed by atoms with Crippen molar-refractivity contribution >= 4 is 41.4 Å². The van der Waals surface area contributed by atoms with Crippen LogP contribution in [-0.4, -0.2) is 33.3 Å². The van der Waals surface area contributed by atoms with Gasteiger partial charge in [-0.2, -0.15) is 0 Å². The van der Waals surface area contributed by atoms with Crippen LogP contribution in [-0.2, 0) is 0 Å². The second kappa shape index (κ2) is 9.54. The van der Waals surface area contributed by atoms with Gasteiger partial charge < -0.3 is 16.4 Å². The zero-order valence-electron chi connectivity index (χ0n) is 16.1. The molecule has 1 saturated heterocycles. The summed E-state index contributed by atoms with van der Waals surface area (Å²) in [6, 6.07) is 14.0. The minimum Gasteiger partial charge on any atom is -0.384 e. The maximum absolute atomic E-state index is 5.69. The number of aromatic nitrogens is 3. The highest BCUT2D eigenvalue weighted by Crippen LogP contribution is 2.29. The van der Waals surface area contributed by atoms with Crippen molar-refractivity contribution in [1.29, 1.82) is 0 Å². The van der Waals surface area contributed by atoms with Crippen molar-refractivity contribution in [3.8, 4) is 0 Å². The fraction of sp³-hybridized carbons (Fsp3) is 0.227. The number of nitrogens with two attached hydrogens (primary N) is 1. The number of anilines is 3. The van der Waals surface area contributed by atoms with E-state index in [0.717, 1.165) is 30.0 Å². The number of nitrogen functional groups attached to an aromatic ring is 1. The van der Waals surface area contributed by atoms with Crippen molar-refractivity contribution in [2.75, 3.05) is 24.1 Å². The van der Waals surface area contributed by atoms with E-state index in [2.05, 4.69) is 49.9 Å². The Balaban J connectivity index is 1.33. The van der Waals surface area contributed by atoms with Gasteiger partial charge in [0.15, 0.2) is 0 Å². The van der Waals surface area contributed by atoms with Gasteiger partial charge in [-0.1, -0.05) is 6.07 Å². The lowest BCUT2D eigenvalue weighted by Gasteiger charge is -2.22. The Morgan fingerprint density at radius 3 is 2.48 bits per heavy atom. The lowest BCUT2D eigenvalue weighted by atomic mass is 10.2. The third kappa shape index (κ3) is 5.79. The van der Waals surface area contributed by atoms with Crippen molar-refractivity contribution in [1.82, 2.24) is 20.3 Å². The van der Waals surface area contributed by atoms with E-state index in [0.29, 0.717) is 17.0 Å². The number of piperidine rings is 1. The molecule has 4 rings (SSSR count). The molecule has 0 saturated carbocycles. The molecule has 29 heavy (non-hydrogen) atoms. The molecule has 0 radical (unpaired) electrons. The molecule has 3 heterocycles. The van der Waals surface area contributed by atoms with Gasteiger partial charge in [-0.3, -0.25) is 0 Å². The Bertz CT molecular complexity index is 950. The first-order chi connectivity index (χ1) is 14.2. The molecule has 1 aliphatic heterocycles. The summed E-state index contributed by atoms with van der Waals surface area (Å²) >= 11 is 1.97. The van der Waals surface area contributed by atoms with Crippen LogP contribution in [0, 0.1) is 0 Å². The van der Waals surface area contributed by atoms with Gasteiger partial charge in [0.05, 0.1) is 5.69 Å². The van der Waals surface area contributed by atoms with E-state index in [1.807, 2.05) is 36.0 Å². The summed E-state index contributed by atoms with van der Waals surface area (Å²) in [5.41, 5.74) is 8.37. The summed E-state index contributed by atoms with van der Waals surface area (Å²) in [4.78, 5) is 14.3. The smallest absolute Gasteiger partial charge is 0.227 e. The second-order valence-electron chi connectivity index (χ2n) is 6.88. The molecule has 0 atom stereocenters. The number of pyridine rings is 1. The van der Waals surface area contributed by atoms with E-state index in [1.165, 1.54) is 17.7 Å². The van der Waals surface area contributed by atoms with Crippen LogP contribution in [0.5, 0.6) is 0 Å². The highest BCUT2D eigenvalue weighted by Gasteiger charge is 2.13. The monoisotopic (exact) mass is 404 g/mol. The molecule has 3 aromatic rings. The van der Waals surface area contributed by atoms with E-state index in [-0.39, 0.29) is 0 Å². The van der Waals surface area contributed by atoms with Crippen molar-refractivity contribution < 1.29 is 0 Å². The van der Waals surface area contributed by atoms with E-state index in [4.69, 9.17) is 5.73 Å². The van der Waals surface area contributed by atoms with Crippen LogP contribution in [0.1, 0.15) is 24.1 Å². The standard InChI is InChI=1S/C22H24N6S/c23-21-3-1-2-17(27-21)5-4-16-14-25-22(26-15-16)28-18-6-8-19(9-7-18)29-20-10-12-24-13-11-20/h1-9,14-15,20,24H,10-13H2,(H2,23,27)(H,25,26,28)/b5-4+. The Hall–Kier alpha value is -2.90. The zero-order valence-corrected chi connectivity index (χ0v) is 16.9. The first-order valence-corrected chi connectivity index (χ1v) is 10.6. The Morgan fingerprint density at radius 2 is 1.76 bits per heavy atom. The number of nitrogens with one attached hydrogen (secondary N) is 2. The molecule has 0 spiro atoms. The van der Waals surface area contributed by atoms with Crippen LogP contribution in [0.3, 0.4) is 0 Å². The molecule has 0 unspecified atom stereocenters. The number of thioether (sulfide) groups is 1. The summed E-state index contributed by atoms with van der Waals surface area (Å²) in [6.45, 7) is 2.24. The first-order valence-electron chi connectivity index (χ1n) is 9.72. The lowest BCUT2D eigenvalue weighted by molar-refractivity contribution is 0.531. The van der Waals surface area contributed by atoms with Crippen molar-refractivity contribution in [2.24, 2.45) is 0 Å². The van der Waals surface area contributed by atoms with E-state index in [1.54, 1.807) is 18.5 Å². The van der Waals surface area contributed by atoms with Gasteiger partial charge in [0.1, 0.15) is 5.82 Å². The molecule has 1 fully saturated rings. The zero-order chi connectivity index (χ0) is 19.9. The number of benzene rings is 1. The summed E-state index contributed by atoms with van der Waals surface area (Å²) < 4.78 is 0. The quantitative estimate of drug-likeness (QED) is 0.567. The summed E-state index contributed by atoms with van der Waals surface area (Å²) in [5.74, 6) is 1.08. The molecule has 0 bridgehead atoms. The lowest BCUT2D eigenvalue weighted by Crippen LogP contribution is -2.29. The van der Waals surface area contributed by atoms with Crippen molar-refractivity contribution in [3.63, 3.8) is 0 Å². The average molecular weight is 405 g/mol. The van der Waals surface area contributed by atoms with E-state index in [9.17, 15) is 0 Å². The van der Waals surface area contributed by atoms with Gasteiger partial charge in [0, 0.05) is 33.8 Å². The molecule has 1 aromatic carbocycles. The Kier molecular flexibility index (Phi) is 6.38. The summed E-state index contributed by atoms with van der Waals surface area (Å²) in [6.07, 6.45) is 9.82. The van der Waals surface area contributed by atoms with Crippen LogP contribution in [0.25, 0.3) is 12.2 Å². The molecule has 0 amide bonds. The van der Waals surface area contributed by atoms with Crippen LogP contribution < -0.4 is 16.4 Å². The minimum atomic E-state index is 0.503. The van der Waals surface area contributed by atoms with Gasteiger partial charge in [0.2, 0.25) is 5.95 Å². The van der Waals surface area contributed by atoms with Gasteiger partial charge in [-0.15, -0.1) is 11.8 Å². The minimum absolute atomic E-state index is 0.503. The first kappa shape index (κ1) is 19.4. The van der Waals surface area contributed by atoms with Crippen LogP contribution in [0.4, 0.5) is 17.5 Å². The fourth-order valence-corrected chi connectivity index (χ4v) is 4.23. The Morgan fingerprint density at radius 1 is 1.00 bits per heavy atom. The van der Waals surface area contributed by atoms with Gasteiger partial charge >= 0.3 is 0 Å². The maximum atomic E-state index is 5.69. The van der Waals surface area contributed by atoms with Gasteiger partial charge in [0.25, 0.3) is 0 Å². The molecular weight excluding hydrogens is 380 g/mol. The summed E-state index contributed by atoms with van der Waals surface area (Å²) in [5, 5.41) is 7.37. The third-order valence-electron chi connectivity index (χ3n) is 4.61. The molecule has 148 valence electrons.